The Labute approximate surface area is 206 Å². The quantitative estimate of drug-likeness (QED) is 0.454. The van der Waals surface area contributed by atoms with E-state index in [2.05, 4.69) is 25.3 Å². The monoisotopic (exact) mass is 497 g/mol. The Kier molecular flexibility index (Phi) is 5.94. The van der Waals surface area contributed by atoms with Gasteiger partial charge in [0.05, 0.1) is 29.5 Å². The molecule has 1 aliphatic rings. The number of nitrogens with one attached hydrogen (secondary N) is 1. The van der Waals surface area contributed by atoms with Gasteiger partial charge in [-0.25, -0.2) is 9.97 Å². The van der Waals surface area contributed by atoms with Gasteiger partial charge in [-0.15, -0.1) is 5.10 Å². The van der Waals surface area contributed by atoms with Crippen molar-refractivity contribution in [2.75, 3.05) is 36.5 Å². The summed E-state index contributed by atoms with van der Waals surface area (Å²) in [5, 5.41) is 6.91. The number of halogens is 2. The number of carbonyl (C=O) groups is 1. The molecule has 1 fully saturated rings. The summed E-state index contributed by atoms with van der Waals surface area (Å²) in [7, 11) is 0. The van der Waals surface area contributed by atoms with Crippen LogP contribution in [0.2, 0.25) is 5.02 Å². The van der Waals surface area contributed by atoms with Gasteiger partial charge in [0.15, 0.2) is 5.65 Å². The SMILES string of the molecule is CC(C)(C)n1cc(C(=O)Nc2cc(-c3cc(N4CCOCC4)c4nccn4c3)c(Cl)cn2)c(F)n1. The number of aromatic nitrogens is 5. The summed E-state index contributed by atoms with van der Waals surface area (Å²) in [5.74, 6) is -1.24. The van der Waals surface area contributed by atoms with Crippen molar-refractivity contribution in [3.8, 4) is 11.1 Å². The van der Waals surface area contributed by atoms with Crippen molar-refractivity contribution < 1.29 is 13.9 Å². The molecule has 0 spiro atoms. The number of amides is 1. The summed E-state index contributed by atoms with van der Waals surface area (Å²) in [5.41, 5.74) is 2.67. The van der Waals surface area contributed by atoms with Crippen LogP contribution in [0.4, 0.5) is 15.9 Å². The molecule has 1 saturated heterocycles. The van der Waals surface area contributed by atoms with E-state index in [4.69, 9.17) is 16.3 Å². The van der Waals surface area contributed by atoms with Crippen LogP contribution in [0, 0.1) is 5.95 Å². The zero-order valence-electron chi connectivity index (χ0n) is 19.6. The highest BCUT2D eigenvalue weighted by Crippen LogP contribution is 2.34. The van der Waals surface area contributed by atoms with Crippen LogP contribution in [0.5, 0.6) is 0 Å². The molecule has 4 aromatic rings. The van der Waals surface area contributed by atoms with Crippen LogP contribution in [-0.4, -0.2) is 56.4 Å². The first kappa shape index (κ1) is 23.3. The second-order valence-electron chi connectivity index (χ2n) is 9.32. The maximum atomic E-state index is 14.4. The molecular formula is C24H25ClFN7O2. The van der Waals surface area contributed by atoms with E-state index in [-0.39, 0.29) is 11.4 Å². The Balaban J connectivity index is 1.48. The highest BCUT2D eigenvalue weighted by atomic mass is 35.5. The fraction of sp³-hybridized carbons (Fsp3) is 0.333. The molecule has 0 radical (unpaired) electrons. The van der Waals surface area contributed by atoms with Crippen LogP contribution in [0.15, 0.2) is 43.1 Å². The van der Waals surface area contributed by atoms with Gasteiger partial charge < -0.3 is 19.4 Å². The largest absolute Gasteiger partial charge is 0.378 e. The van der Waals surface area contributed by atoms with E-state index >= 15 is 0 Å². The summed E-state index contributed by atoms with van der Waals surface area (Å²) in [4.78, 5) is 23.7. The molecule has 5 heterocycles. The van der Waals surface area contributed by atoms with E-state index in [0.717, 1.165) is 30.0 Å². The minimum Gasteiger partial charge on any atom is -0.378 e. The van der Waals surface area contributed by atoms with Crippen molar-refractivity contribution in [3.63, 3.8) is 0 Å². The summed E-state index contributed by atoms with van der Waals surface area (Å²) in [6, 6.07) is 3.70. The summed E-state index contributed by atoms with van der Waals surface area (Å²) >= 11 is 6.52. The molecule has 182 valence electrons. The Morgan fingerprint density at radius 3 is 2.66 bits per heavy atom. The van der Waals surface area contributed by atoms with Crippen molar-refractivity contribution in [2.45, 2.75) is 26.3 Å². The van der Waals surface area contributed by atoms with Crippen molar-refractivity contribution in [2.24, 2.45) is 0 Å². The number of anilines is 2. The van der Waals surface area contributed by atoms with Gasteiger partial charge in [-0.05, 0) is 32.9 Å². The minimum atomic E-state index is -0.840. The van der Waals surface area contributed by atoms with Crippen LogP contribution < -0.4 is 10.2 Å². The van der Waals surface area contributed by atoms with Crippen molar-refractivity contribution in [1.29, 1.82) is 0 Å². The maximum absolute atomic E-state index is 14.4. The highest BCUT2D eigenvalue weighted by Gasteiger charge is 2.23. The van der Waals surface area contributed by atoms with Gasteiger partial charge >= 0.3 is 0 Å². The van der Waals surface area contributed by atoms with Gasteiger partial charge in [0.25, 0.3) is 5.91 Å². The Morgan fingerprint density at radius 1 is 1.17 bits per heavy atom. The lowest BCUT2D eigenvalue weighted by Gasteiger charge is -2.29. The lowest BCUT2D eigenvalue weighted by Crippen LogP contribution is -2.36. The zero-order valence-corrected chi connectivity index (χ0v) is 20.4. The number of fused-ring (bicyclic) bond motifs is 1. The molecule has 35 heavy (non-hydrogen) atoms. The third kappa shape index (κ3) is 4.59. The Bertz CT molecular complexity index is 1400. The van der Waals surface area contributed by atoms with Gasteiger partial charge in [0, 0.05) is 55.2 Å². The first-order chi connectivity index (χ1) is 16.7. The average Bonchev–Trinajstić information content (AvgIpc) is 3.46. The van der Waals surface area contributed by atoms with Crippen molar-refractivity contribution in [1.82, 2.24) is 24.1 Å². The normalized spacial score (nSPS) is 14.5. The zero-order chi connectivity index (χ0) is 24.7. The van der Waals surface area contributed by atoms with Crippen LogP contribution in [0.25, 0.3) is 16.8 Å². The molecule has 0 saturated carbocycles. The van der Waals surface area contributed by atoms with E-state index in [0.29, 0.717) is 23.8 Å². The third-order valence-corrected chi connectivity index (χ3v) is 6.13. The van der Waals surface area contributed by atoms with Gasteiger partial charge in [0.1, 0.15) is 11.4 Å². The highest BCUT2D eigenvalue weighted by molar-refractivity contribution is 6.33. The predicted molar refractivity (Wildman–Crippen MR) is 132 cm³/mol. The minimum absolute atomic E-state index is 0.160. The smallest absolute Gasteiger partial charge is 0.263 e. The molecular weight excluding hydrogens is 473 g/mol. The third-order valence-electron chi connectivity index (χ3n) is 5.83. The number of carbonyl (C=O) groups excluding carboxylic acids is 1. The lowest BCUT2D eigenvalue weighted by atomic mass is 10.1. The molecule has 11 heteroatoms. The fourth-order valence-corrected chi connectivity index (χ4v) is 4.17. The standard InChI is InChI=1S/C24H25ClFN7O2/c1-24(2,3)33-14-17(21(26)30-33)23(34)29-20-11-16(18(25)12-28-20)15-10-19(31-6-8-35-9-7-31)22-27-4-5-32(22)13-15/h4-5,10-14H,6-9H2,1-3H3,(H,28,29,34). The molecule has 1 N–H and O–H groups in total. The van der Waals surface area contributed by atoms with Crippen LogP contribution in [0.3, 0.4) is 0 Å². The van der Waals surface area contributed by atoms with E-state index < -0.39 is 17.4 Å². The van der Waals surface area contributed by atoms with Crippen molar-refractivity contribution in [3.05, 3.63) is 59.7 Å². The topological polar surface area (TPSA) is 89.6 Å². The molecule has 9 nitrogen and oxygen atoms in total. The number of hydrogen-bond donors (Lipinski definition) is 1. The van der Waals surface area contributed by atoms with Crippen LogP contribution in [-0.2, 0) is 10.3 Å². The van der Waals surface area contributed by atoms with Crippen LogP contribution >= 0.6 is 11.6 Å². The lowest BCUT2D eigenvalue weighted by molar-refractivity contribution is 0.102. The first-order valence-electron chi connectivity index (χ1n) is 11.2. The molecule has 0 aromatic carbocycles. The summed E-state index contributed by atoms with van der Waals surface area (Å²) in [6.07, 6.45) is 8.40. The van der Waals surface area contributed by atoms with Gasteiger partial charge in [-0.2, -0.15) is 4.39 Å². The maximum Gasteiger partial charge on any atom is 0.263 e. The number of rotatable bonds is 4. The predicted octanol–water partition coefficient (Wildman–Crippen LogP) is 4.23. The number of hydrogen-bond acceptors (Lipinski definition) is 6. The number of nitrogens with zero attached hydrogens (tertiary/aromatic N) is 6. The first-order valence-corrected chi connectivity index (χ1v) is 11.6. The molecule has 5 rings (SSSR count). The van der Waals surface area contributed by atoms with E-state index in [1.165, 1.54) is 17.1 Å². The Morgan fingerprint density at radius 2 is 1.94 bits per heavy atom. The number of imidazole rings is 1. The van der Waals surface area contributed by atoms with Gasteiger partial charge in [-0.1, -0.05) is 11.6 Å². The fourth-order valence-electron chi connectivity index (χ4n) is 3.96. The molecule has 0 atom stereocenters. The molecule has 0 bridgehead atoms. The Hall–Kier alpha value is -3.50. The second-order valence-corrected chi connectivity index (χ2v) is 9.73. The van der Waals surface area contributed by atoms with Gasteiger partial charge in [0.2, 0.25) is 5.95 Å². The van der Waals surface area contributed by atoms with E-state index in [9.17, 15) is 9.18 Å². The molecule has 0 aliphatic carbocycles. The van der Waals surface area contributed by atoms with Crippen molar-refractivity contribution >= 4 is 34.7 Å². The molecule has 1 amide bonds. The summed E-state index contributed by atoms with van der Waals surface area (Å²) < 4.78 is 23.2. The number of ether oxygens (including phenoxy) is 1. The molecule has 1 aliphatic heterocycles. The van der Waals surface area contributed by atoms with E-state index in [1.807, 2.05) is 43.6 Å². The summed E-state index contributed by atoms with van der Waals surface area (Å²) in [6.45, 7) is 8.41. The number of pyridine rings is 2. The van der Waals surface area contributed by atoms with Gasteiger partial charge in [-0.3, -0.25) is 9.48 Å². The van der Waals surface area contributed by atoms with E-state index in [1.54, 1.807) is 12.3 Å². The number of morpholine rings is 1. The molecule has 4 aromatic heterocycles. The average molecular weight is 498 g/mol. The van der Waals surface area contributed by atoms with Crippen LogP contribution in [0.1, 0.15) is 31.1 Å². The molecule has 0 unspecified atom stereocenters. The second kappa shape index (κ2) is 8.94.